The maximum absolute atomic E-state index is 4.57. The van der Waals surface area contributed by atoms with Gasteiger partial charge < -0.3 is 5.32 Å². The maximum Gasteiger partial charge on any atom is 0.155 e. The second kappa shape index (κ2) is 3.31. The molecule has 3 rings (SSSR count). The zero-order valence-electron chi connectivity index (χ0n) is 8.77. The van der Waals surface area contributed by atoms with Crippen molar-refractivity contribution in [1.82, 2.24) is 19.9 Å². The summed E-state index contributed by atoms with van der Waals surface area (Å²) in [5, 5.41) is 7.93. The molecule has 1 saturated heterocycles. The van der Waals surface area contributed by atoms with Crippen LogP contribution in [0.25, 0.3) is 5.65 Å². The van der Waals surface area contributed by atoms with Crippen molar-refractivity contribution in [3.8, 4) is 0 Å². The summed E-state index contributed by atoms with van der Waals surface area (Å²) in [6.45, 7) is 4.18. The first-order valence-corrected chi connectivity index (χ1v) is 5.35. The third-order valence-electron chi connectivity index (χ3n) is 2.94. The highest BCUT2D eigenvalue weighted by Gasteiger charge is 2.19. The molecule has 3 heterocycles. The lowest BCUT2D eigenvalue weighted by atomic mass is 10.1. The van der Waals surface area contributed by atoms with Crippen LogP contribution >= 0.6 is 0 Å². The molecular weight excluding hydrogens is 188 g/mol. The van der Waals surface area contributed by atoms with Crippen LogP contribution in [-0.2, 0) is 0 Å². The average Bonchev–Trinajstić information content (AvgIpc) is 2.84. The van der Waals surface area contributed by atoms with Gasteiger partial charge in [-0.25, -0.2) is 9.50 Å². The fourth-order valence-corrected chi connectivity index (χ4v) is 2.10. The van der Waals surface area contributed by atoms with Crippen molar-refractivity contribution in [2.75, 3.05) is 13.1 Å². The van der Waals surface area contributed by atoms with Crippen LogP contribution < -0.4 is 5.32 Å². The second-order valence-corrected chi connectivity index (χ2v) is 4.19. The molecule has 1 N–H and O–H groups in total. The molecular formula is C11H14N4. The molecule has 4 heteroatoms. The van der Waals surface area contributed by atoms with Crippen molar-refractivity contribution in [2.24, 2.45) is 0 Å². The zero-order chi connectivity index (χ0) is 10.3. The summed E-state index contributed by atoms with van der Waals surface area (Å²) in [6.07, 6.45) is 5.09. The van der Waals surface area contributed by atoms with Gasteiger partial charge in [-0.2, -0.15) is 5.10 Å². The Bertz CT molecular complexity index is 482. The molecule has 15 heavy (non-hydrogen) atoms. The van der Waals surface area contributed by atoms with E-state index in [-0.39, 0.29) is 0 Å². The Labute approximate surface area is 88.3 Å². The highest BCUT2D eigenvalue weighted by Crippen LogP contribution is 2.21. The molecule has 0 aromatic carbocycles. The van der Waals surface area contributed by atoms with Crippen molar-refractivity contribution >= 4 is 5.65 Å². The predicted molar refractivity (Wildman–Crippen MR) is 58.0 cm³/mol. The Kier molecular flexibility index (Phi) is 1.95. The van der Waals surface area contributed by atoms with Gasteiger partial charge in [-0.1, -0.05) is 0 Å². The van der Waals surface area contributed by atoms with Gasteiger partial charge in [0, 0.05) is 30.9 Å². The van der Waals surface area contributed by atoms with Crippen molar-refractivity contribution in [3.05, 3.63) is 29.7 Å². The zero-order valence-corrected chi connectivity index (χ0v) is 8.77. The fraction of sp³-hybridized carbons (Fsp3) is 0.455. The van der Waals surface area contributed by atoms with E-state index in [1.54, 1.807) is 0 Å². The summed E-state index contributed by atoms with van der Waals surface area (Å²) < 4.78 is 1.88. The Hall–Kier alpha value is -1.42. The molecule has 0 bridgehead atoms. The van der Waals surface area contributed by atoms with Gasteiger partial charge in [0.25, 0.3) is 0 Å². The minimum absolute atomic E-state index is 0.562. The molecule has 0 saturated carbocycles. The van der Waals surface area contributed by atoms with Crippen LogP contribution in [0.3, 0.4) is 0 Å². The van der Waals surface area contributed by atoms with Gasteiger partial charge in [0.05, 0.1) is 5.69 Å². The number of hydrogen-bond acceptors (Lipinski definition) is 3. The molecule has 4 nitrogen and oxygen atoms in total. The van der Waals surface area contributed by atoms with E-state index in [1.807, 2.05) is 23.8 Å². The van der Waals surface area contributed by atoms with E-state index in [0.717, 1.165) is 30.0 Å². The van der Waals surface area contributed by atoms with Crippen molar-refractivity contribution < 1.29 is 0 Å². The molecule has 0 aliphatic carbocycles. The number of aryl methyl sites for hydroxylation is 1. The Balaban J connectivity index is 2.05. The summed E-state index contributed by atoms with van der Waals surface area (Å²) in [7, 11) is 0. The van der Waals surface area contributed by atoms with Crippen LogP contribution in [-0.4, -0.2) is 27.7 Å². The third kappa shape index (κ3) is 1.51. The Morgan fingerprint density at radius 1 is 1.53 bits per heavy atom. The van der Waals surface area contributed by atoms with Crippen molar-refractivity contribution in [2.45, 2.75) is 19.3 Å². The molecule has 1 atom stereocenters. The Morgan fingerprint density at radius 2 is 2.47 bits per heavy atom. The van der Waals surface area contributed by atoms with Crippen LogP contribution in [0, 0.1) is 6.92 Å². The summed E-state index contributed by atoms with van der Waals surface area (Å²) in [5.74, 6) is 0.562. The van der Waals surface area contributed by atoms with E-state index in [2.05, 4.69) is 21.5 Å². The van der Waals surface area contributed by atoms with E-state index in [9.17, 15) is 0 Å². The van der Waals surface area contributed by atoms with Crippen molar-refractivity contribution in [1.29, 1.82) is 0 Å². The average molecular weight is 202 g/mol. The molecule has 1 fully saturated rings. The largest absolute Gasteiger partial charge is 0.316 e. The maximum atomic E-state index is 4.57. The van der Waals surface area contributed by atoms with Crippen LogP contribution in [0.15, 0.2) is 18.5 Å². The summed E-state index contributed by atoms with van der Waals surface area (Å²) in [5.41, 5.74) is 3.25. The number of hydrogen-bond donors (Lipinski definition) is 1. The monoisotopic (exact) mass is 202 g/mol. The normalized spacial score (nSPS) is 21.3. The molecule has 1 unspecified atom stereocenters. The standard InChI is InChI=1S/C11H14N4/c1-8-5-13-11-4-10(14-15(11)7-8)9-2-3-12-6-9/h4-5,7,9,12H,2-3,6H2,1H3. The van der Waals surface area contributed by atoms with E-state index in [4.69, 9.17) is 0 Å². The smallest absolute Gasteiger partial charge is 0.155 e. The number of fused-ring (bicyclic) bond motifs is 1. The predicted octanol–water partition coefficient (Wildman–Crippen LogP) is 1.11. The first-order valence-electron chi connectivity index (χ1n) is 5.35. The Morgan fingerprint density at radius 3 is 3.27 bits per heavy atom. The van der Waals surface area contributed by atoms with Gasteiger partial charge in [0.15, 0.2) is 5.65 Å². The summed E-state index contributed by atoms with van der Waals surface area (Å²) in [4.78, 5) is 4.35. The second-order valence-electron chi connectivity index (χ2n) is 4.19. The molecule has 78 valence electrons. The fourth-order valence-electron chi connectivity index (χ4n) is 2.10. The molecule has 2 aromatic rings. The quantitative estimate of drug-likeness (QED) is 0.753. The molecule has 1 aliphatic rings. The van der Waals surface area contributed by atoms with Gasteiger partial charge >= 0.3 is 0 Å². The lowest BCUT2D eigenvalue weighted by molar-refractivity contribution is 0.717. The summed E-state index contributed by atoms with van der Waals surface area (Å²) in [6, 6.07) is 2.09. The van der Waals surface area contributed by atoms with E-state index < -0.39 is 0 Å². The number of aromatic nitrogens is 3. The highest BCUT2D eigenvalue weighted by atomic mass is 15.2. The minimum Gasteiger partial charge on any atom is -0.316 e. The first kappa shape index (κ1) is 8.85. The lowest BCUT2D eigenvalue weighted by Gasteiger charge is -2.01. The van der Waals surface area contributed by atoms with Gasteiger partial charge in [0.2, 0.25) is 0 Å². The molecule has 0 amide bonds. The molecule has 0 spiro atoms. The number of rotatable bonds is 1. The van der Waals surface area contributed by atoms with Gasteiger partial charge in [0.1, 0.15) is 0 Å². The van der Waals surface area contributed by atoms with Crippen LogP contribution in [0.2, 0.25) is 0 Å². The molecule has 1 aliphatic heterocycles. The van der Waals surface area contributed by atoms with Crippen LogP contribution in [0.4, 0.5) is 0 Å². The van der Waals surface area contributed by atoms with Crippen molar-refractivity contribution in [3.63, 3.8) is 0 Å². The first-order chi connectivity index (χ1) is 7.33. The topological polar surface area (TPSA) is 42.2 Å². The molecule has 2 aromatic heterocycles. The summed E-state index contributed by atoms with van der Waals surface area (Å²) >= 11 is 0. The number of nitrogens with one attached hydrogen (secondary N) is 1. The highest BCUT2D eigenvalue weighted by molar-refractivity contribution is 5.40. The molecule has 0 radical (unpaired) electrons. The van der Waals surface area contributed by atoms with E-state index in [1.165, 1.54) is 6.42 Å². The number of nitrogens with zero attached hydrogens (tertiary/aromatic N) is 3. The minimum atomic E-state index is 0.562. The van der Waals surface area contributed by atoms with Crippen LogP contribution in [0.1, 0.15) is 23.6 Å². The van der Waals surface area contributed by atoms with E-state index >= 15 is 0 Å². The van der Waals surface area contributed by atoms with Gasteiger partial charge in [-0.3, -0.25) is 0 Å². The van der Waals surface area contributed by atoms with E-state index in [0.29, 0.717) is 5.92 Å². The van der Waals surface area contributed by atoms with Gasteiger partial charge in [-0.15, -0.1) is 0 Å². The van der Waals surface area contributed by atoms with Gasteiger partial charge in [-0.05, 0) is 25.5 Å². The SMILES string of the molecule is Cc1cnc2cc(C3CCNC3)nn2c1. The lowest BCUT2D eigenvalue weighted by Crippen LogP contribution is -2.08. The van der Waals surface area contributed by atoms with Crippen LogP contribution in [0.5, 0.6) is 0 Å². The third-order valence-corrected chi connectivity index (χ3v) is 2.94.